The first-order valence-electron chi connectivity index (χ1n) is 9.99. The van der Waals surface area contributed by atoms with Gasteiger partial charge in [-0.15, -0.1) is 0 Å². The fraction of sp³-hybridized carbons (Fsp3) is 0.571. The van der Waals surface area contributed by atoms with Crippen LogP contribution in [0.1, 0.15) is 49.5 Å². The van der Waals surface area contributed by atoms with Crippen molar-refractivity contribution in [3.05, 3.63) is 40.3 Å². The Morgan fingerprint density at radius 1 is 1.22 bits per heavy atom. The first kappa shape index (κ1) is 18.2. The maximum atomic E-state index is 13.4. The van der Waals surface area contributed by atoms with E-state index >= 15 is 0 Å². The molecule has 1 saturated heterocycles. The maximum absolute atomic E-state index is 13.4. The Balaban J connectivity index is 1.66. The zero-order chi connectivity index (χ0) is 19.0. The Hall–Kier alpha value is -2.21. The Labute approximate surface area is 159 Å². The number of amides is 1. The van der Waals surface area contributed by atoms with Crippen molar-refractivity contribution in [2.45, 2.75) is 51.2 Å². The summed E-state index contributed by atoms with van der Waals surface area (Å²) < 4.78 is 7.56. The van der Waals surface area contributed by atoms with E-state index in [9.17, 15) is 9.59 Å². The Morgan fingerprint density at radius 2 is 1.96 bits per heavy atom. The van der Waals surface area contributed by atoms with Crippen LogP contribution in [0, 0.1) is 5.92 Å². The second-order valence-corrected chi connectivity index (χ2v) is 7.81. The van der Waals surface area contributed by atoms with E-state index in [1.165, 1.54) is 17.5 Å². The van der Waals surface area contributed by atoms with Crippen LogP contribution in [-0.2, 0) is 11.8 Å². The molecule has 27 heavy (non-hydrogen) atoms. The van der Waals surface area contributed by atoms with Gasteiger partial charge in [0.2, 0.25) is 0 Å². The molecule has 2 aliphatic rings. The minimum Gasteiger partial charge on any atom is -0.371 e. The highest BCUT2D eigenvalue weighted by molar-refractivity contribution is 6.04. The lowest BCUT2D eigenvalue weighted by atomic mass is 10.1. The van der Waals surface area contributed by atoms with Crippen LogP contribution < -0.4 is 5.56 Å². The molecule has 1 aromatic heterocycles. The van der Waals surface area contributed by atoms with E-state index in [1.807, 2.05) is 23.1 Å². The molecule has 0 spiro atoms. The third kappa shape index (κ3) is 3.63. The molecule has 1 aliphatic carbocycles. The number of fused-ring (bicyclic) bond motifs is 1. The normalized spacial score (nSPS) is 23.0. The molecule has 0 radical (unpaired) electrons. The summed E-state index contributed by atoms with van der Waals surface area (Å²) in [6.45, 7) is 3.39. The molecular weight excluding hydrogens is 342 g/mol. The van der Waals surface area contributed by atoms with Crippen molar-refractivity contribution >= 4 is 16.7 Å². The Bertz CT molecular complexity index is 903. The number of unbranched alkanes of at least 4 members (excludes halogenated alkanes) is 1. The van der Waals surface area contributed by atoms with Crippen molar-refractivity contribution < 1.29 is 9.53 Å². The molecule has 6 nitrogen and oxygen atoms in total. The van der Waals surface area contributed by atoms with Crippen LogP contribution in [0.5, 0.6) is 0 Å². The average Bonchev–Trinajstić information content (AvgIpc) is 3.54. The van der Waals surface area contributed by atoms with Crippen molar-refractivity contribution in [2.75, 3.05) is 13.1 Å². The van der Waals surface area contributed by atoms with Gasteiger partial charge in [0.05, 0.1) is 17.6 Å². The van der Waals surface area contributed by atoms with Crippen LogP contribution in [0.2, 0.25) is 0 Å². The van der Waals surface area contributed by atoms with E-state index in [0.29, 0.717) is 35.5 Å². The molecule has 2 atom stereocenters. The predicted octanol–water partition coefficient (Wildman–Crippen LogP) is 2.74. The summed E-state index contributed by atoms with van der Waals surface area (Å²) in [5.74, 6) is 0.479. The molecule has 1 saturated carbocycles. The van der Waals surface area contributed by atoms with Gasteiger partial charge in [-0.1, -0.05) is 38.0 Å². The first-order valence-corrected chi connectivity index (χ1v) is 9.99. The highest BCUT2D eigenvalue weighted by Crippen LogP contribution is 2.37. The summed E-state index contributed by atoms with van der Waals surface area (Å²) >= 11 is 0. The second kappa shape index (κ2) is 7.43. The number of rotatable bonds is 5. The maximum Gasteiger partial charge on any atom is 0.275 e. The number of morpholine rings is 1. The number of hydrogen-bond donors (Lipinski definition) is 0. The van der Waals surface area contributed by atoms with Crippen molar-refractivity contribution in [3.63, 3.8) is 0 Å². The Morgan fingerprint density at radius 3 is 2.67 bits per heavy atom. The van der Waals surface area contributed by atoms with E-state index in [-0.39, 0.29) is 23.7 Å². The van der Waals surface area contributed by atoms with E-state index in [0.717, 1.165) is 19.3 Å². The van der Waals surface area contributed by atoms with Crippen molar-refractivity contribution in [1.29, 1.82) is 0 Å². The van der Waals surface area contributed by atoms with Crippen molar-refractivity contribution in [2.24, 2.45) is 13.0 Å². The Kier molecular flexibility index (Phi) is 5.00. The summed E-state index contributed by atoms with van der Waals surface area (Å²) in [6, 6.07) is 7.23. The number of aromatic nitrogens is 2. The number of hydrogen-bond acceptors (Lipinski definition) is 4. The molecule has 0 N–H and O–H groups in total. The summed E-state index contributed by atoms with van der Waals surface area (Å²) in [5, 5.41) is 5.49. The minimum atomic E-state index is -0.180. The van der Waals surface area contributed by atoms with E-state index in [1.54, 1.807) is 13.1 Å². The summed E-state index contributed by atoms with van der Waals surface area (Å²) in [7, 11) is 1.60. The molecule has 2 heterocycles. The summed E-state index contributed by atoms with van der Waals surface area (Å²) in [4.78, 5) is 27.6. The summed E-state index contributed by atoms with van der Waals surface area (Å²) in [6.07, 6.45) is 5.79. The molecule has 1 amide bonds. The molecule has 0 unspecified atom stereocenters. The topological polar surface area (TPSA) is 64.4 Å². The predicted molar refractivity (Wildman–Crippen MR) is 104 cm³/mol. The molecule has 0 bridgehead atoms. The van der Waals surface area contributed by atoms with Crippen LogP contribution in [-0.4, -0.2) is 45.9 Å². The molecule has 2 aromatic rings. The third-order valence-electron chi connectivity index (χ3n) is 5.67. The fourth-order valence-corrected chi connectivity index (χ4v) is 3.96. The van der Waals surface area contributed by atoms with Gasteiger partial charge in [0.25, 0.3) is 11.5 Å². The molecule has 4 rings (SSSR count). The lowest BCUT2D eigenvalue weighted by Gasteiger charge is -2.38. The van der Waals surface area contributed by atoms with Gasteiger partial charge in [-0.3, -0.25) is 9.59 Å². The van der Waals surface area contributed by atoms with Gasteiger partial charge in [0.15, 0.2) is 5.69 Å². The number of ether oxygens (including phenoxy) is 1. The smallest absolute Gasteiger partial charge is 0.275 e. The van der Waals surface area contributed by atoms with Crippen LogP contribution >= 0.6 is 0 Å². The molecule has 1 aromatic carbocycles. The van der Waals surface area contributed by atoms with E-state index < -0.39 is 0 Å². The van der Waals surface area contributed by atoms with Gasteiger partial charge < -0.3 is 9.64 Å². The van der Waals surface area contributed by atoms with Crippen LogP contribution in [0.4, 0.5) is 0 Å². The van der Waals surface area contributed by atoms with Gasteiger partial charge >= 0.3 is 0 Å². The molecule has 2 fully saturated rings. The van der Waals surface area contributed by atoms with Gasteiger partial charge in [-0.2, -0.15) is 5.10 Å². The van der Waals surface area contributed by atoms with E-state index in [2.05, 4.69) is 12.0 Å². The van der Waals surface area contributed by atoms with Gasteiger partial charge in [-0.25, -0.2) is 4.68 Å². The highest BCUT2D eigenvalue weighted by atomic mass is 16.5. The first-order chi connectivity index (χ1) is 13.1. The molecule has 1 aliphatic heterocycles. The van der Waals surface area contributed by atoms with Gasteiger partial charge in [0.1, 0.15) is 0 Å². The summed E-state index contributed by atoms with van der Waals surface area (Å²) in [5.41, 5.74) is 0.180. The van der Waals surface area contributed by atoms with Crippen LogP contribution in [0.25, 0.3) is 10.8 Å². The number of benzene rings is 1. The van der Waals surface area contributed by atoms with Gasteiger partial charge in [0, 0.05) is 25.5 Å². The molecule has 144 valence electrons. The standard InChI is InChI=1S/C21H27N3O3/c1-3-4-7-15-12-24(13-18(27-15)14-10-11-14)21(26)19-16-8-5-6-9-17(16)20(25)23(2)22-19/h5-6,8-9,14-15,18H,3-4,7,10-13H2,1-2H3/t15-,18-/m1/s1. The SMILES string of the molecule is CCCC[C@@H]1CN(C(=O)c2nn(C)c(=O)c3ccccc23)C[C@H](C2CC2)O1. The molecule has 6 heteroatoms. The number of aryl methyl sites for hydroxylation is 1. The quantitative estimate of drug-likeness (QED) is 0.813. The minimum absolute atomic E-state index is 0.0899. The molecular formula is C21H27N3O3. The lowest BCUT2D eigenvalue weighted by molar-refractivity contribution is -0.0875. The highest BCUT2D eigenvalue weighted by Gasteiger charge is 2.40. The monoisotopic (exact) mass is 369 g/mol. The fourth-order valence-electron chi connectivity index (χ4n) is 3.96. The van der Waals surface area contributed by atoms with Crippen molar-refractivity contribution in [1.82, 2.24) is 14.7 Å². The number of carbonyl (C=O) groups is 1. The second-order valence-electron chi connectivity index (χ2n) is 7.81. The van der Waals surface area contributed by atoms with Gasteiger partial charge in [-0.05, 0) is 31.2 Å². The lowest BCUT2D eigenvalue weighted by Crippen LogP contribution is -2.51. The average molecular weight is 369 g/mol. The van der Waals surface area contributed by atoms with Crippen molar-refractivity contribution in [3.8, 4) is 0 Å². The van der Waals surface area contributed by atoms with Crippen LogP contribution in [0.3, 0.4) is 0 Å². The van der Waals surface area contributed by atoms with E-state index in [4.69, 9.17) is 4.74 Å². The number of nitrogens with zero attached hydrogens (tertiary/aromatic N) is 3. The largest absolute Gasteiger partial charge is 0.371 e. The third-order valence-corrected chi connectivity index (χ3v) is 5.67. The number of carbonyl (C=O) groups excluding carboxylic acids is 1. The zero-order valence-corrected chi connectivity index (χ0v) is 16.1. The van der Waals surface area contributed by atoms with Crippen LogP contribution in [0.15, 0.2) is 29.1 Å². The zero-order valence-electron chi connectivity index (χ0n) is 16.1.